The minimum absolute atomic E-state index is 0.174. The fourth-order valence-electron chi connectivity index (χ4n) is 3.56. The van der Waals surface area contributed by atoms with E-state index in [2.05, 4.69) is 10.9 Å². The lowest BCUT2D eigenvalue weighted by Crippen LogP contribution is -2.12. The number of aromatic nitrogens is 2. The molecule has 0 aliphatic carbocycles. The fourth-order valence-corrected chi connectivity index (χ4v) is 5.07. The van der Waals surface area contributed by atoms with Gasteiger partial charge in [0.15, 0.2) is 5.65 Å². The number of rotatable bonds is 4. The Morgan fingerprint density at radius 3 is 2.47 bits per heavy atom. The third kappa shape index (κ3) is 2.89. The van der Waals surface area contributed by atoms with Gasteiger partial charge in [0.25, 0.3) is 0 Å². The molecule has 5 nitrogen and oxygen atoms in total. The smallest absolute Gasteiger partial charge is 0.152 e. The summed E-state index contributed by atoms with van der Waals surface area (Å²) in [6.45, 7) is 0. The van der Waals surface area contributed by atoms with Gasteiger partial charge in [-0.05, 0) is 36.2 Å². The Labute approximate surface area is 174 Å². The molecule has 30 heavy (non-hydrogen) atoms. The van der Waals surface area contributed by atoms with Gasteiger partial charge < -0.3 is 9.52 Å². The van der Waals surface area contributed by atoms with Gasteiger partial charge in [0.2, 0.25) is 0 Å². The quantitative estimate of drug-likeness (QED) is 0.410. The molecule has 0 amide bonds. The zero-order valence-electron chi connectivity index (χ0n) is 15.9. The highest BCUT2D eigenvalue weighted by Crippen LogP contribution is 2.36. The predicted molar refractivity (Wildman–Crippen MR) is 120 cm³/mol. The van der Waals surface area contributed by atoms with Crippen LogP contribution < -0.4 is 0 Å². The Morgan fingerprint density at radius 1 is 0.967 bits per heavy atom. The molecule has 3 aromatic heterocycles. The summed E-state index contributed by atoms with van der Waals surface area (Å²) in [7, 11) is -2.85. The molecule has 1 atom stereocenters. The fraction of sp³-hybridized carbons (Fsp3) is 0. The third-order valence-corrected chi connectivity index (χ3v) is 7.01. The molecule has 0 fully saturated rings. The molecular weight excluding hydrogens is 396 g/mol. The second-order valence-corrected chi connectivity index (χ2v) is 9.09. The molecule has 148 valence electrons. The van der Waals surface area contributed by atoms with Crippen LogP contribution in [0.15, 0.2) is 101 Å². The van der Waals surface area contributed by atoms with Gasteiger partial charge in [0.1, 0.15) is 5.75 Å². The van der Waals surface area contributed by atoms with Crippen molar-refractivity contribution in [2.24, 2.45) is 0 Å². The standard InChI is InChI=1S/C24H18N2O3S/c1-30(28,19-7-3-2-4-8-19)26-15-22(17-11-12-29-16-17)21-13-18(14-25-24(21)26)20-9-5-6-10-23(20)27/h2-16,27H,1H2. The molecule has 0 bridgehead atoms. The van der Waals surface area contributed by atoms with E-state index < -0.39 is 9.71 Å². The molecule has 1 N–H and O–H groups in total. The first-order chi connectivity index (χ1) is 14.6. The Bertz CT molecular complexity index is 1450. The van der Waals surface area contributed by atoms with Gasteiger partial charge in [-0.2, -0.15) is 0 Å². The van der Waals surface area contributed by atoms with Gasteiger partial charge in [-0.15, -0.1) is 0 Å². The monoisotopic (exact) mass is 414 g/mol. The number of fused-ring (bicyclic) bond motifs is 1. The Balaban J connectivity index is 1.79. The van der Waals surface area contributed by atoms with Crippen LogP contribution in [-0.2, 0) is 9.71 Å². The second kappa shape index (κ2) is 6.93. The van der Waals surface area contributed by atoms with Crippen LogP contribution in [0.3, 0.4) is 0 Å². The van der Waals surface area contributed by atoms with Crippen LogP contribution >= 0.6 is 0 Å². The van der Waals surface area contributed by atoms with Crippen molar-refractivity contribution in [3.63, 3.8) is 0 Å². The van der Waals surface area contributed by atoms with Gasteiger partial charge in [0.05, 0.1) is 27.1 Å². The first-order valence-electron chi connectivity index (χ1n) is 9.30. The van der Waals surface area contributed by atoms with E-state index in [0.717, 1.165) is 22.1 Å². The number of aromatic hydroxyl groups is 1. The van der Waals surface area contributed by atoms with Gasteiger partial charge in [-0.25, -0.2) is 9.19 Å². The summed E-state index contributed by atoms with van der Waals surface area (Å²) >= 11 is 0. The Morgan fingerprint density at radius 2 is 1.73 bits per heavy atom. The Kier molecular flexibility index (Phi) is 4.22. The van der Waals surface area contributed by atoms with Crippen LogP contribution in [0.25, 0.3) is 33.3 Å². The lowest BCUT2D eigenvalue weighted by Gasteiger charge is -2.12. The number of pyridine rings is 1. The molecule has 0 aliphatic rings. The first kappa shape index (κ1) is 18.3. The number of furan rings is 1. The van der Waals surface area contributed by atoms with Crippen molar-refractivity contribution in [2.75, 3.05) is 0 Å². The molecule has 5 aromatic rings. The average molecular weight is 414 g/mol. The van der Waals surface area contributed by atoms with E-state index in [-0.39, 0.29) is 5.75 Å². The van der Waals surface area contributed by atoms with Crippen LogP contribution in [-0.4, -0.2) is 24.1 Å². The van der Waals surface area contributed by atoms with Crippen molar-refractivity contribution in [3.8, 4) is 28.0 Å². The lowest BCUT2D eigenvalue weighted by molar-refractivity contribution is 0.477. The number of nitrogens with zero attached hydrogens (tertiary/aromatic N) is 2. The molecule has 0 aliphatic heterocycles. The number of hydrogen-bond donors (Lipinski definition) is 1. The maximum absolute atomic E-state index is 13.7. The van der Waals surface area contributed by atoms with E-state index >= 15 is 0 Å². The maximum Gasteiger partial charge on any atom is 0.152 e. The molecule has 5 rings (SSSR count). The average Bonchev–Trinajstić information content (AvgIpc) is 3.42. The van der Waals surface area contributed by atoms with Gasteiger partial charge in [-0.3, -0.25) is 3.97 Å². The second-order valence-electron chi connectivity index (χ2n) is 6.95. The lowest BCUT2D eigenvalue weighted by atomic mass is 10.0. The van der Waals surface area contributed by atoms with E-state index in [4.69, 9.17) is 4.42 Å². The molecule has 0 spiro atoms. The summed E-state index contributed by atoms with van der Waals surface area (Å²) < 4.78 is 20.7. The topological polar surface area (TPSA) is 68.3 Å². The van der Waals surface area contributed by atoms with E-state index in [1.165, 1.54) is 0 Å². The molecule has 3 heterocycles. The normalized spacial score (nSPS) is 13.3. The van der Waals surface area contributed by atoms with Gasteiger partial charge >= 0.3 is 0 Å². The van der Waals surface area contributed by atoms with Crippen LogP contribution in [0.5, 0.6) is 5.75 Å². The van der Waals surface area contributed by atoms with Crippen LogP contribution in [0.2, 0.25) is 0 Å². The molecule has 0 saturated carbocycles. The molecule has 1 unspecified atom stereocenters. The Hall–Kier alpha value is -3.77. The van der Waals surface area contributed by atoms with Crippen LogP contribution in [0.1, 0.15) is 0 Å². The zero-order chi connectivity index (χ0) is 20.7. The summed E-state index contributed by atoms with van der Waals surface area (Å²) in [6, 6.07) is 20.1. The maximum atomic E-state index is 13.7. The van der Waals surface area contributed by atoms with E-state index in [0.29, 0.717) is 16.1 Å². The minimum Gasteiger partial charge on any atom is -0.507 e. The first-order valence-corrected chi connectivity index (χ1v) is 11.0. The van der Waals surface area contributed by atoms with Crippen molar-refractivity contribution < 1.29 is 13.7 Å². The molecule has 0 radical (unpaired) electrons. The summed E-state index contributed by atoms with van der Waals surface area (Å²) in [6.07, 6.45) is 6.71. The van der Waals surface area contributed by atoms with E-state index in [1.807, 2.05) is 42.5 Å². The van der Waals surface area contributed by atoms with Crippen LogP contribution in [0.4, 0.5) is 0 Å². The molecule has 2 aromatic carbocycles. The number of benzene rings is 2. The summed E-state index contributed by atoms with van der Waals surface area (Å²) in [5.74, 6) is 4.21. The summed E-state index contributed by atoms with van der Waals surface area (Å²) in [4.78, 5) is 5.24. The van der Waals surface area contributed by atoms with Crippen molar-refractivity contribution in [3.05, 3.63) is 91.7 Å². The van der Waals surface area contributed by atoms with E-state index in [9.17, 15) is 9.32 Å². The highest BCUT2D eigenvalue weighted by molar-refractivity contribution is 7.99. The molecule has 0 saturated heterocycles. The van der Waals surface area contributed by atoms with Crippen molar-refractivity contribution in [2.45, 2.75) is 4.90 Å². The molecule has 6 heteroatoms. The number of phenolic OH excluding ortho intramolecular Hbond substituents is 1. The minimum atomic E-state index is -2.85. The predicted octanol–water partition coefficient (Wildman–Crippen LogP) is 5.21. The SMILES string of the molecule is C=S(=O)(c1ccccc1)n1cc(-c2ccoc2)c2cc(-c3ccccc3O)cnc21. The van der Waals surface area contributed by atoms with Gasteiger partial charge in [0, 0.05) is 40.0 Å². The highest BCUT2D eigenvalue weighted by atomic mass is 32.2. The van der Waals surface area contributed by atoms with Crippen molar-refractivity contribution in [1.82, 2.24) is 8.96 Å². The molecular formula is C24H18N2O3S. The van der Waals surface area contributed by atoms with Crippen LogP contribution in [0, 0.1) is 0 Å². The largest absolute Gasteiger partial charge is 0.507 e. The van der Waals surface area contributed by atoms with E-state index in [1.54, 1.807) is 53.2 Å². The van der Waals surface area contributed by atoms with Crippen molar-refractivity contribution >= 4 is 26.6 Å². The van der Waals surface area contributed by atoms with Crippen molar-refractivity contribution in [1.29, 1.82) is 0 Å². The summed E-state index contributed by atoms with van der Waals surface area (Å²) in [5, 5.41) is 11.1. The zero-order valence-corrected chi connectivity index (χ0v) is 16.8. The third-order valence-electron chi connectivity index (χ3n) is 5.09. The van der Waals surface area contributed by atoms with Gasteiger partial charge in [-0.1, -0.05) is 36.4 Å². The number of hydrogen-bond acceptors (Lipinski definition) is 4. The number of para-hydroxylation sites is 1. The summed E-state index contributed by atoms with van der Waals surface area (Å²) in [5.41, 5.74) is 3.66. The highest BCUT2D eigenvalue weighted by Gasteiger charge is 2.20. The number of phenols is 1.